The number of likely N-dealkylation sites (tertiary alicyclic amines) is 1. The fraction of sp³-hybridized carbons (Fsp3) is 0.588. The van der Waals surface area contributed by atoms with E-state index in [9.17, 15) is 4.79 Å². The summed E-state index contributed by atoms with van der Waals surface area (Å²) in [6.45, 7) is 3.48. The summed E-state index contributed by atoms with van der Waals surface area (Å²) in [4.78, 5) is 14.5. The molecule has 0 saturated carbocycles. The number of benzene rings is 1. The van der Waals surface area contributed by atoms with E-state index in [1.54, 1.807) is 0 Å². The molecular formula is C17H24N2O2. The zero-order valence-corrected chi connectivity index (χ0v) is 12.7. The van der Waals surface area contributed by atoms with Crippen LogP contribution >= 0.6 is 0 Å². The van der Waals surface area contributed by atoms with Crippen molar-refractivity contribution in [2.24, 2.45) is 5.92 Å². The molecule has 2 aliphatic heterocycles. The molecule has 0 aromatic heterocycles. The number of carbonyl (C=O) groups excluding carboxylic acids is 1. The quantitative estimate of drug-likeness (QED) is 0.918. The van der Waals surface area contributed by atoms with Gasteiger partial charge in [-0.2, -0.15) is 0 Å². The Morgan fingerprint density at radius 1 is 1.43 bits per heavy atom. The molecule has 0 radical (unpaired) electrons. The number of amides is 1. The molecule has 0 unspecified atom stereocenters. The van der Waals surface area contributed by atoms with E-state index in [0.717, 1.165) is 39.1 Å². The molecule has 2 aliphatic rings. The minimum Gasteiger partial charge on any atom is -0.373 e. The van der Waals surface area contributed by atoms with Crippen LogP contribution in [0.3, 0.4) is 0 Å². The van der Waals surface area contributed by atoms with E-state index in [1.807, 2.05) is 18.0 Å². The monoisotopic (exact) mass is 288 g/mol. The van der Waals surface area contributed by atoms with Crippen LogP contribution in [-0.2, 0) is 16.0 Å². The van der Waals surface area contributed by atoms with Gasteiger partial charge in [-0.3, -0.25) is 4.79 Å². The lowest BCUT2D eigenvalue weighted by atomic mass is 9.95. The summed E-state index contributed by atoms with van der Waals surface area (Å²) in [6, 6.07) is 8.34. The van der Waals surface area contributed by atoms with E-state index >= 15 is 0 Å². The van der Waals surface area contributed by atoms with Crippen molar-refractivity contribution in [3.63, 3.8) is 0 Å². The lowest BCUT2D eigenvalue weighted by Crippen LogP contribution is -2.32. The third-order valence-electron chi connectivity index (χ3n) is 4.58. The van der Waals surface area contributed by atoms with Crippen molar-refractivity contribution < 1.29 is 9.53 Å². The first-order valence-corrected chi connectivity index (χ1v) is 7.89. The lowest BCUT2D eigenvalue weighted by molar-refractivity contribution is -0.133. The zero-order valence-electron chi connectivity index (χ0n) is 12.7. The predicted octanol–water partition coefficient (Wildman–Crippen LogP) is 1.76. The van der Waals surface area contributed by atoms with Crippen LogP contribution in [0.2, 0.25) is 0 Å². The first-order chi connectivity index (χ1) is 10.3. The second kappa shape index (κ2) is 6.58. The predicted molar refractivity (Wildman–Crippen MR) is 82.1 cm³/mol. The molecule has 2 heterocycles. The van der Waals surface area contributed by atoms with Crippen LogP contribution in [0.25, 0.3) is 0 Å². The fourth-order valence-corrected chi connectivity index (χ4v) is 3.45. The Balaban J connectivity index is 1.61. The molecular weight excluding hydrogens is 264 g/mol. The van der Waals surface area contributed by atoms with Gasteiger partial charge in [0.25, 0.3) is 0 Å². The van der Waals surface area contributed by atoms with Gasteiger partial charge in [0.15, 0.2) is 0 Å². The zero-order chi connectivity index (χ0) is 14.7. The second-order valence-electron chi connectivity index (χ2n) is 6.06. The van der Waals surface area contributed by atoms with Gasteiger partial charge in [-0.05, 0) is 43.5 Å². The van der Waals surface area contributed by atoms with Crippen molar-refractivity contribution in [1.82, 2.24) is 10.2 Å². The highest BCUT2D eigenvalue weighted by atomic mass is 16.5. The normalized spacial score (nSPS) is 24.9. The van der Waals surface area contributed by atoms with Crippen molar-refractivity contribution in [2.45, 2.75) is 25.4 Å². The van der Waals surface area contributed by atoms with Crippen molar-refractivity contribution >= 4 is 5.91 Å². The van der Waals surface area contributed by atoms with Crippen LogP contribution in [0.4, 0.5) is 0 Å². The van der Waals surface area contributed by atoms with Gasteiger partial charge in [0, 0.05) is 13.1 Å². The van der Waals surface area contributed by atoms with E-state index in [-0.39, 0.29) is 12.0 Å². The summed E-state index contributed by atoms with van der Waals surface area (Å²) < 4.78 is 5.85. The molecule has 2 atom stereocenters. The number of ether oxygens (including phenoxy) is 1. The van der Waals surface area contributed by atoms with Crippen LogP contribution in [0.5, 0.6) is 0 Å². The molecule has 1 saturated heterocycles. The number of hydrogen-bond acceptors (Lipinski definition) is 3. The van der Waals surface area contributed by atoms with Crippen molar-refractivity contribution in [1.29, 1.82) is 0 Å². The maximum absolute atomic E-state index is 12.5. The Labute approximate surface area is 126 Å². The van der Waals surface area contributed by atoms with Gasteiger partial charge in [-0.1, -0.05) is 24.3 Å². The van der Waals surface area contributed by atoms with Crippen LogP contribution in [0, 0.1) is 5.92 Å². The number of rotatable bonds is 4. The molecule has 1 fully saturated rings. The molecule has 1 amide bonds. The highest BCUT2D eigenvalue weighted by Crippen LogP contribution is 2.30. The Hall–Kier alpha value is -1.39. The Kier molecular flexibility index (Phi) is 4.56. The SMILES string of the molecule is CNC[C@@H]1CCN(C(=O)C[C@H]2OCCc3ccccc32)C1. The molecule has 4 heteroatoms. The largest absolute Gasteiger partial charge is 0.373 e. The summed E-state index contributed by atoms with van der Waals surface area (Å²) in [6.07, 6.45) is 2.47. The van der Waals surface area contributed by atoms with E-state index in [2.05, 4.69) is 23.5 Å². The Bertz CT molecular complexity index is 503. The van der Waals surface area contributed by atoms with Gasteiger partial charge in [0.05, 0.1) is 19.1 Å². The first kappa shape index (κ1) is 14.5. The van der Waals surface area contributed by atoms with E-state index < -0.39 is 0 Å². The fourth-order valence-electron chi connectivity index (χ4n) is 3.45. The summed E-state index contributed by atoms with van der Waals surface area (Å²) in [5, 5.41) is 3.20. The van der Waals surface area contributed by atoms with Crippen LogP contribution < -0.4 is 5.32 Å². The molecule has 0 aliphatic carbocycles. The average molecular weight is 288 g/mol. The molecule has 4 nitrogen and oxygen atoms in total. The summed E-state index contributed by atoms with van der Waals surface area (Å²) in [5.41, 5.74) is 2.53. The third kappa shape index (κ3) is 3.27. The lowest BCUT2D eigenvalue weighted by Gasteiger charge is -2.27. The van der Waals surface area contributed by atoms with E-state index in [1.165, 1.54) is 11.1 Å². The number of hydrogen-bond donors (Lipinski definition) is 1. The Morgan fingerprint density at radius 2 is 2.29 bits per heavy atom. The highest BCUT2D eigenvalue weighted by Gasteiger charge is 2.29. The molecule has 1 aromatic rings. The first-order valence-electron chi connectivity index (χ1n) is 7.89. The molecule has 21 heavy (non-hydrogen) atoms. The molecule has 1 aromatic carbocycles. The average Bonchev–Trinajstić information content (AvgIpc) is 2.97. The van der Waals surface area contributed by atoms with Gasteiger partial charge >= 0.3 is 0 Å². The maximum Gasteiger partial charge on any atom is 0.225 e. The Morgan fingerprint density at radius 3 is 3.14 bits per heavy atom. The third-order valence-corrected chi connectivity index (χ3v) is 4.58. The van der Waals surface area contributed by atoms with E-state index in [0.29, 0.717) is 12.3 Å². The van der Waals surface area contributed by atoms with Crippen molar-refractivity contribution in [2.75, 3.05) is 33.3 Å². The maximum atomic E-state index is 12.5. The number of nitrogens with zero attached hydrogens (tertiary/aromatic N) is 1. The molecule has 0 bridgehead atoms. The standard InChI is InChI=1S/C17H24N2O2/c1-18-11-13-6-8-19(12-13)17(20)10-16-15-5-3-2-4-14(15)7-9-21-16/h2-5,13,16,18H,6-12H2,1H3/t13-,16+/m0/s1. The van der Waals surface area contributed by atoms with Crippen LogP contribution in [-0.4, -0.2) is 44.1 Å². The van der Waals surface area contributed by atoms with Gasteiger partial charge in [0.2, 0.25) is 5.91 Å². The van der Waals surface area contributed by atoms with Crippen LogP contribution in [0.15, 0.2) is 24.3 Å². The van der Waals surface area contributed by atoms with Crippen molar-refractivity contribution in [3.05, 3.63) is 35.4 Å². The van der Waals surface area contributed by atoms with E-state index in [4.69, 9.17) is 4.74 Å². The minimum absolute atomic E-state index is 0.0641. The molecule has 3 rings (SSSR count). The topological polar surface area (TPSA) is 41.6 Å². The molecule has 0 spiro atoms. The molecule has 114 valence electrons. The number of fused-ring (bicyclic) bond motifs is 1. The minimum atomic E-state index is -0.0641. The number of carbonyl (C=O) groups is 1. The van der Waals surface area contributed by atoms with Crippen molar-refractivity contribution in [3.8, 4) is 0 Å². The summed E-state index contributed by atoms with van der Waals surface area (Å²) >= 11 is 0. The smallest absolute Gasteiger partial charge is 0.225 e. The number of nitrogens with one attached hydrogen (secondary N) is 1. The molecule has 1 N–H and O–H groups in total. The summed E-state index contributed by atoms with van der Waals surface area (Å²) in [5.74, 6) is 0.828. The van der Waals surface area contributed by atoms with Gasteiger partial charge < -0.3 is 15.0 Å². The van der Waals surface area contributed by atoms with Gasteiger partial charge in [-0.25, -0.2) is 0 Å². The highest BCUT2D eigenvalue weighted by molar-refractivity contribution is 5.77. The second-order valence-corrected chi connectivity index (χ2v) is 6.06. The van der Waals surface area contributed by atoms with Gasteiger partial charge in [-0.15, -0.1) is 0 Å². The van der Waals surface area contributed by atoms with Crippen LogP contribution in [0.1, 0.15) is 30.1 Å². The summed E-state index contributed by atoms with van der Waals surface area (Å²) in [7, 11) is 1.97. The van der Waals surface area contributed by atoms with Gasteiger partial charge in [0.1, 0.15) is 0 Å².